The van der Waals surface area contributed by atoms with Gasteiger partial charge in [-0.05, 0) is 56.4 Å². The van der Waals surface area contributed by atoms with Crippen molar-refractivity contribution < 1.29 is 14.7 Å². The van der Waals surface area contributed by atoms with Crippen molar-refractivity contribution in [1.82, 2.24) is 4.90 Å². The van der Waals surface area contributed by atoms with E-state index in [0.717, 1.165) is 51.4 Å². The van der Waals surface area contributed by atoms with Gasteiger partial charge < -0.3 is 10.0 Å². The van der Waals surface area contributed by atoms with Crippen molar-refractivity contribution in [2.45, 2.75) is 84.7 Å². The van der Waals surface area contributed by atoms with Gasteiger partial charge in [0.25, 0.3) is 0 Å². The monoisotopic (exact) mass is 403 g/mol. The van der Waals surface area contributed by atoms with Gasteiger partial charge in [0.2, 0.25) is 5.91 Å². The molecule has 4 nitrogen and oxygen atoms in total. The molecule has 0 aromatic rings. The van der Waals surface area contributed by atoms with Crippen LogP contribution in [0.2, 0.25) is 0 Å². The largest absolute Gasteiger partial charge is 0.392 e. The maximum absolute atomic E-state index is 12.7. The highest BCUT2D eigenvalue weighted by atomic mass is 16.3. The number of ketones is 1. The molecule has 2 aliphatic rings. The van der Waals surface area contributed by atoms with Gasteiger partial charge in [-0.25, -0.2) is 0 Å². The predicted molar refractivity (Wildman–Crippen MR) is 118 cm³/mol. The van der Waals surface area contributed by atoms with Crippen LogP contribution < -0.4 is 0 Å². The molecule has 1 saturated carbocycles. The zero-order chi connectivity index (χ0) is 21.6. The van der Waals surface area contributed by atoms with E-state index >= 15 is 0 Å². The van der Waals surface area contributed by atoms with Crippen LogP contribution in [0.3, 0.4) is 0 Å². The summed E-state index contributed by atoms with van der Waals surface area (Å²) in [5, 5.41) is 10.5. The molecule has 0 bridgehead atoms. The number of aliphatic hydroxyl groups excluding tert-OH is 1. The summed E-state index contributed by atoms with van der Waals surface area (Å²) in [5.74, 6) is 1.31. The number of amides is 1. The van der Waals surface area contributed by atoms with Crippen LogP contribution >= 0.6 is 0 Å². The Morgan fingerprint density at radius 1 is 1.24 bits per heavy atom. The maximum Gasteiger partial charge on any atom is 0.222 e. The molecule has 29 heavy (non-hydrogen) atoms. The number of carbonyl (C=O) groups is 2. The number of carbonyl (C=O) groups excluding carboxylic acids is 2. The third-order valence-corrected chi connectivity index (χ3v) is 6.88. The Morgan fingerprint density at radius 2 is 1.97 bits per heavy atom. The zero-order valence-electron chi connectivity index (χ0n) is 19.1. The van der Waals surface area contributed by atoms with E-state index in [-0.39, 0.29) is 29.1 Å². The lowest BCUT2D eigenvalue weighted by Crippen LogP contribution is -2.23. The summed E-state index contributed by atoms with van der Waals surface area (Å²) in [6.07, 6.45) is 14.3. The van der Waals surface area contributed by atoms with Gasteiger partial charge in [-0.1, -0.05) is 51.3 Å². The molecule has 2 rings (SSSR count). The lowest BCUT2D eigenvalue weighted by molar-refractivity contribution is -0.128. The Kier molecular flexibility index (Phi) is 8.69. The lowest BCUT2D eigenvalue weighted by atomic mass is 9.81. The summed E-state index contributed by atoms with van der Waals surface area (Å²) in [6.45, 7) is 6.20. The van der Waals surface area contributed by atoms with Gasteiger partial charge in [-0.2, -0.15) is 0 Å². The second-order valence-electron chi connectivity index (χ2n) is 9.94. The molecule has 2 aliphatic carbocycles. The molecule has 1 N–H and O–H groups in total. The first kappa shape index (κ1) is 23.9. The summed E-state index contributed by atoms with van der Waals surface area (Å²) < 4.78 is 0. The van der Waals surface area contributed by atoms with Crippen LogP contribution in [0.4, 0.5) is 0 Å². The molecular formula is C25H41NO3. The van der Waals surface area contributed by atoms with E-state index in [1.165, 1.54) is 5.57 Å². The van der Waals surface area contributed by atoms with Crippen LogP contribution in [0.5, 0.6) is 0 Å². The fourth-order valence-corrected chi connectivity index (χ4v) is 4.81. The van der Waals surface area contributed by atoms with Crippen LogP contribution in [0, 0.1) is 23.2 Å². The van der Waals surface area contributed by atoms with Crippen molar-refractivity contribution in [2.75, 3.05) is 14.1 Å². The lowest BCUT2D eigenvalue weighted by Gasteiger charge is -2.22. The quantitative estimate of drug-likeness (QED) is 0.303. The highest BCUT2D eigenvalue weighted by Gasteiger charge is 2.43. The van der Waals surface area contributed by atoms with Crippen LogP contribution in [0.15, 0.2) is 23.8 Å². The van der Waals surface area contributed by atoms with E-state index in [0.29, 0.717) is 18.3 Å². The van der Waals surface area contributed by atoms with Crippen LogP contribution in [-0.2, 0) is 9.59 Å². The van der Waals surface area contributed by atoms with Gasteiger partial charge in [0.05, 0.1) is 6.10 Å². The minimum Gasteiger partial charge on any atom is -0.392 e. The van der Waals surface area contributed by atoms with Crippen molar-refractivity contribution in [3.8, 4) is 0 Å². The summed E-state index contributed by atoms with van der Waals surface area (Å²) in [6, 6.07) is 0. The van der Waals surface area contributed by atoms with Gasteiger partial charge in [-0.3, -0.25) is 9.59 Å². The molecule has 0 aliphatic heterocycles. The van der Waals surface area contributed by atoms with Crippen LogP contribution in [0.1, 0.15) is 78.6 Å². The average molecular weight is 404 g/mol. The fourth-order valence-electron chi connectivity index (χ4n) is 4.81. The Bertz CT molecular complexity index is 632. The van der Waals surface area contributed by atoms with Gasteiger partial charge >= 0.3 is 0 Å². The highest BCUT2D eigenvalue weighted by molar-refractivity contribution is 5.94. The SMILES string of the molecule is CCCCC(C)(C)C(=O)/C=C/[C@@H]1[C@H]2CC(CCCCC(=O)N(C)C)=C[C@H]2C[C@H]1O. The number of fused-ring (bicyclic) bond motifs is 1. The number of aliphatic hydroxyl groups is 1. The van der Waals surface area contributed by atoms with Gasteiger partial charge in [0.1, 0.15) is 0 Å². The van der Waals surface area contributed by atoms with E-state index in [2.05, 4.69) is 13.0 Å². The number of hydrogen-bond donors (Lipinski definition) is 1. The van der Waals surface area contributed by atoms with Crippen molar-refractivity contribution >= 4 is 11.7 Å². The van der Waals surface area contributed by atoms with Crippen LogP contribution in [-0.4, -0.2) is 41.9 Å². The molecule has 0 radical (unpaired) electrons. The second kappa shape index (κ2) is 10.6. The standard InChI is InChI=1S/C25H41NO3/c1-6-7-14-25(2,3)23(28)13-12-20-21-16-18(15-19(21)17-22(20)27)10-8-9-11-24(29)26(4)5/h12-13,15,19-22,27H,6-11,14,16-17H2,1-5H3/b13-12+/t19-,20+,21-,22+/m0/s1. The third kappa shape index (κ3) is 6.53. The van der Waals surface area contributed by atoms with E-state index in [4.69, 9.17) is 0 Å². The van der Waals surface area contributed by atoms with Crippen molar-refractivity contribution in [3.63, 3.8) is 0 Å². The first-order chi connectivity index (χ1) is 13.7. The molecule has 4 heteroatoms. The van der Waals surface area contributed by atoms with Crippen molar-refractivity contribution in [1.29, 1.82) is 0 Å². The van der Waals surface area contributed by atoms with Gasteiger partial charge in [-0.15, -0.1) is 0 Å². The van der Waals surface area contributed by atoms with Crippen molar-refractivity contribution in [3.05, 3.63) is 23.8 Å². The van der Waals surface area contributed by atoms with Crippen LogP contribution in [0.25, 0.3) is 0 Å². The Morgan fingerprint density at radius 3 is 2.62 bits per heavy atom. The summed E-state index contributed by atoms with van der Waals surface area (Å²) in [4.78, 5) is 26.0. The van der Waals surface area contributed by atoms with Crippen molar-refractivity contribution in [2.24, 2.45) is 23.2 Å². The highest BCUT2D eigenvalue weighted by Crippen LogP contribution is 2.48. The Labute approximate surface area is 177 Å². The minimum atomic E-state index is -0.344. The molecule has 0 aromatic carbocycles. The van der Waals surface area contributed by atoms with E-state index in [1.54, 1.807) is 25.1 Å². The summed E-state index contributed by atoms with van der Waals surface area (Å²) in [5.41, 5.74) is 1.15. The Hall–Kier alpha value is -1.42. The molecule has 0 saturated heterocycles. The molecule has 1 amide bonds. The number of hydrogen-bond acceptors (Lipinski definition) is 3. The van der Waals surface area contributed by atoms with Gasteiger partial charge in [0.15, 0.2) is 5.78 Å². The topological polar surface area (TPSA) is 57.6 Å². The molecule has 0 spiro atoms. The molecule has 0 aromatic heterocycles. The number of nitrogens with zero attached hydrogens (tertiary/aromatic N) is 1. The molecule has 0 unspecified atom stereocenters. The molecular weight excluding hydrogens is 362 g/mol. The van der Waals surface area contributed by atoms with E-state index < -0.39 is 0 Å². The Balaban J connectivity index is 1.85. The molecule has 4 atom stereocenters. The predicted octanol–water partition coefficient (Wildman–Crippen LogP) is 4.92. The average Bonchev–Trinajstić information content (AvgIpc) is 3.17. The van der Waals surface area contributed by atoms with Gasteiger partial charge in [0, 0.05) is 31.8 Å². The minimum absolute atomic E-state index is 0.0787. The third-order valence-electron chi connectivity index (χ3n) is 6.88. The normalized spacial score (nSPS) is 26.6. The molecule has 164 valence electrons. The fraction of sp³-hybridized carbons (Fsp3) is 0.760. The molecule has 1 fully saturated rings. The second-order valence-corrected chi connectivity index (χ2v) is 9.94. The first-order valence-corrected chi connectivity index (χ1v) is 11.5. The smallest absolute Gasteiger partial charge is 0.222 e. The number of allylic oxidation sites excluding steroid dienone is 3. The summed E-state index contributed by atoms with van der Waals surface area (Å²) >= 11 is 0. The first-order valence-electron chi connectivity index (χ1n) is 11.5. The summed E-state index contributed by atoms with van der Waals surface area (Å²) in [7, 11) is 3.61. The number of rotatable bonds is 11. The van der Waals surface area contributed by atoms with E-state index in [9.17, 15) is 14.7 Å². The molecule has 0 heterocycles. The number of unbranched alkanes of at least 4 members (excludes halogenated alkanes) is 2. The maximum atomic E-state index is 12.7. The van der Waals surface area contributed by atoms with E-state index in [1.807, 2.05) is 19.9 Å². The zero-order valence-corrected chi connectivity index (χ0v) is 19.1.